The zero-order valence-electron chi connectivity index (χ0n) is 16.0. The third-order valence-corrected chi connectivity index (χ3v) is 5.25. The molecule has 1 N–H and O–H groups in total. The van der Waals surface area contributed by atoms with E-state index in [0.717, 1.165) is 26.1 Å². The highest BCUT2D eigenvalue weighted by atomic mass is 16.5. The van der Waals surface area contributed by atoms with Crippen LogP contribution in [0.5, 0.6) is 5.75 Å². The van der Waals surface area contributed by atoms with Crippen LogP contribution in [0.1, 0.15) is 29.6 Å². The predicted molar refractivity (Wildman–Crippen MR) is 102 cm³/mol. The molecular weight excluding hydrogens is 346 g/mol. The van der Waals surface area contributed by atoms with Gasteiger partial charge in [0.05, 0.1) is 7.11 Å². The van der Waals surface area contributed by atoms with Crippen molar-refractivity contribution in [1.29, 1.82) is 0 Å². The molecule has 0 aliphatic carbocycles. The first-order chi connectivity index (χ1) is 13.2. The Morgan fingerprint density at radius 1 is 1.22 bits per heavy atom. The standard InChI is InChI=1S/C20H29N3O4/c1-26-18-6-2-5-17(14-18)19(24)22-9-11-23(12-10-22)20(25)21-8-7-16-4-3-13-27-15-16/h2,5-6,14,16H,3-4,7-13,15H2,1H3,(H,21,25)/t16-/m1/s1. The summed E-state index contributed by atoms with van der Waals surface area (Å²) in [5.41, 5.74) is 0.613. The number of piperazine rings is 1. The van der Waals surface area contributed by atoms with Gasteiger partial charge in [-0.1, -0.05) is 6.07 Å². The zero-order chi connectivity index (χ0) is 19.1. The highest BCUT2D eigenvalue weighted by Crippen LogP contribution is 2.17. The van der Waals surface area contributed by atoms with Gasteiger partial charge in [-0.25, -0.2) is 4.79 Å². The van der Waals surface area contributed by atoms with Crippen molar-refractivity contribution in [3.05, 3.63) is 29.8 Å². The third-order valence-electron chi connectivity index (χ3n) is 5.25. The fraction of sp³-hybridized carbons (Fsp3) is 0.600. The van der Waals surface area contributed by atoms with E-state index in [1.54, 1.807) is 29.0 Å². The lowest BCUT2D eigenvalue weighted by atomic mass is 9.99. The molecule has 3 rings (SSSR count). The minimum absolute atomic E-state index is 0.0220. The average molecular weight is 375 g/mol. The topological polar surface area (TPSA) is 71.1 Å². The fourth-order valence-corrected chi connectivity index (χ4v) is 3.58. The molecule has 0 saturated carbocycles. The Labute approximate surface area is 160 Å². The highest BCUT2D eigenvalue weighted by molar-refractivity contribution is 5.94. The first kappa shape index (κ1) is 19.5. The Hall–Kier alpha value is -2.28. The van der Waals surface area contributed by atoms with Gasteiger partial charge in [0.2, 0.25) is 0 Å². The molecule has 1 atom stereocenters. The molecule has 3 amide bonds. The second kappa shape index (κ2) is 9.60. The van der Waals surface area contributed by atoms with Crippen LogP contribution >= 0.6 is 0 Å². The van der Waals surface area contributed by atoms with Gasteiger partial charge in [0.25, 0.3) is 5.91 Å². The number of carbonyl (C=O) groups is 2. The van der Waals surface area contributed by atoms with Gasteiger partial charge >= 0.3 is 6.03 Å². The van der Waals surface area contributed by atoms with Crippen molar-refractivity contribution in [3.63, 3.8) is 0 Å². The van der Waals surface area contributed by atoms with Crippen molar-refractivity contribution in [2.45, 2.75) is 19.3 Å². The molecule has 2 saturated heterocycles. The molecule has 2 fully saturated rings. The molecule has 148 valence electrons. The van der Waals surface area contributed by atoms with Crippen LogP contribution in [0.2, 0.25) is 0 Å². The van der Waals surface area contributed by atoms with Crippen LogP contribution in [0.4, 0.5) is 4.79 Å². The van der Waals surface area contributed by atoms with E-state index in [1.165, 1.54) is 6.42 Å². The van der Waals surface area contributed by atoms with Crippen molar-refractivity contribution in [3.8, 4) is 5.75 Å². The van der Waals surface area contributed by atoms with Gasteiger partial charge in [-0.2, -0.15) is 0 Å². The van der Waals surface area contributed by atoms with E-state index < -0.39 is 0 Å². The van der Waals surface area contributed by atoms with Crippen LogP contribution in [0.15, 0.2) is 24.3 Å². The number of methoxy groups -OCH3 is 1. The number of hydrogen-bond acceptors (Lipinski definition) is 4. The van der Waals surface area contributed by atoms with Crippen LogP contribution in [-0.2, 0) is 4.74 Å². The van der Waals surface area contributed by atoms with E-state index in [9.17, 15) is 9.59 Å². The number of hydrogen-bond donors (Lipinski definition) is 1. The second-order valence-corrected chi connectivity index (χ2v) is 7.11. The zero-order valence-corrected chi connectivity index (χ0v) is 16.0. The van der Waals surface area contributed by atoms with Crippen molar-refractivity contribution in [1.82, 2.24) is 15.1 Å². The maximum atomic E-state index is 12.6. The number of urea groups is 1. The number of amides is 3. The van der Waals surface area contributed by atoms with E-state index in [4.69, 9.17) is 9.47 Å². The Bertz CT molecular complexity index is 638. The second-order valence-electron chi connectivity index (χ2n) is 7.11. The maximum Gasteiger partial charge on any atom is 0.317 e. The quantitative estimate of drug-likeness (QED) is 0.854. The Morgan fingerprint density at radius 2 is 2.00 bits per heavy atom. The van der Waals surface area contributed by atoms with Crippen molar-refractivity contribution in [2.24, 2.45) is 5.92 Å². The number of nitrogens with one attached hydrogen (secondary N) is 1. The molecule has 1 aromatic carbocycles. The van der Waals surface area contributed by atoms with Gasteiger partial charge in [0.15, 0.2) is 0 Å². The smallest absolute Gasteiger partial charge is 0.317 e. The van der Waals surface area contributed by atoms with Crippen LogP contribution in [0.25, 0.3) is 0 Å². The molecule has 0 bridgehead atoms. The SMILES string of the molecule is COc1cccc(C(=O)N2CCN(C(=O)NCC[C@H]3CCCOC3)CC2)c1. The fourth-order valence-electron chi connectivity index (χ4n) is 3.58. The molecule has 7 heteroatoms. The minimum atomic E-state index is -0.0415. The molecule has 2 aliphatic heterocycles. The summed E-state index contributed by atoms with van der Waals surface area (Å²) in [7, 11) is 1.59. The van der Waals surface area contributed by atoms with Gasteiger partial charge in [0.1, 0.15) is 5.75 Å². The molecular formula is C20H29N3O4. The molecule has 2 aliphatic rings. The number of ether oxygens (including phenoxy) is 2. The van der Waals surface area contributed by atoms with E-state index >= 15 is 0 Å². The van der Waals surface area contributed by atoms with Gasteiger partial charge < -0.3 is 24.6 Å². The van der Waals surface area contributed by atoms with E-state index in [1.807, 2.05) is 12.1 Å². The molecule has 0 radical (unpaired) electrons. The van der Waals surface area contributed by atoms with Gasteiger partial charge in [-0.3, -0.25) is 4.79 Å². The van der Waals surface area contributed by atoms with E-state index in [0.29, 0.717) is 50.0 Å². The van der Waals surface area contributed by atoms with Crippen molar-refractivity contribution >= 4 is 11.9 Å². The lowest BCUT2D eigenvalue weighted by Gasteiger charge is -2.35. The Morgan fingerprint density at radius 3 is 2.70 bits per heavy atom. The summed E-state index contributed by atoms with van der Waals surface area (Å²) in [6.45, 7) is 4.53. The van der Waals surface area contributed by atoms with Gasteiger partial charge in [-0.05, 0) is 43.4 Å². The van der Waals surface area contributed by atoms with Crippen LogP contribution in [0, 0.1) is 5.92 Å². The monoisotopic (exact) mass is 375 g/mol. The maximum absolute atomic E-state index is 12.6. The summed E-state index contributed by atoms with van der Waals surface area (Å²) in [5, 5.41) is 3.00. The van der Waals surface area contributed by atoms with Crippen LogP contribution in [-0.4, -0.2) is 74.8 Å². The summed E-state index contributed by atoms with van der Waals surface area (Å²) >= 11 is 0. The Kier molecular flexibility index (Phi) is 6.92. The van der Waals surface area contributed by atoms with E-state index in [-0.39, 0.29) is 11.9 Å². The van der Waals surface area contributed by atoms with E-state index in [2.05, 4.69) is 5.32 Å². The van der Waals surface area contributed by atoms with Crippen molar-refractivity contribution in [2.75, 3.05) is 53.0 Å². The first-order valence-corrected chi connectivity index (χ1v) is 9.71. The third kappa shape index (κ3) is 5.35. The minimum Gasteiger partial charge on any atom is -0.497 e. The molecule has 2 heterocycles. The van der Waals surface area contributed by atoms with Gasteiger partial charge in [0, 0.05) is 51.5 Å². The summed E-state index contributed by atoms with van der Waals surface area (Å²) < 4.78 is 10.7. The van der Waals surface area contributed by atoms with Crippen LogP contribution < -0.4 is 10.1 Å². The number of carbonyl (C=O) groups excluding carboxylic acids is 2. The molecule has 0 spiro atoms. The average Bonchev–Trinajstić information content (AvgIpc) is 2.74. The summed E-state index contributed by atoms with van der Waals surface area (Å²) in [5.74, 6) is 1.20. The highest BCUT2D eigenvalue weighted by Gasteiger charge is 2.25. The summed E-state index contributed by atoms with van der Waals surface area (Å²) in [4.78, 5) is 28.5. The molecule has 27 heavy (non-hydrogen) atoms. The summed E-state index contributed by atoms with van der Waals surface area (Å²) in [6, 6.07) is 7.13. The lowest BCUT2D eigenvalue weighted by molar-refractivity contribution is 0.0516. The normalized spacial score (nSPS) is 20.3. The molecule has 1 aromatic rings. The predicted octanol–water partition coefficient (Wildman–Crippen LogP) is 1.98. The first-order valence-electron chi connectivity index (χ1n) is 9.71. The number of benzene rings is 1. The lowest BCUT2D eigenvalue weighted by Crippen LogP contribution is -2.53. The number of rotatable bonds is 5. The summed E-state index contributed by atoms with van der Waals surface area (Å²) in [6.07, 6.45) is 3.25. The van der Waals surface area contributed by atoms with Gasteiger partial charge in [-0.15, -0.1) is 0 Å². The molecule has 7 nitrogen and oxygen atoms in total. The Balaban J connectivity index is 1.41. The number of nitrogens with zero attached hydrogens (tertiary/aromatic N) is 2. The largest absolute Gasteiger partial charge is 0.497 e. The molecule has 0 aromatic heterocycles. The van der Waals surface area contributed by atoms with Crippen molar-refractivity contribution < 1.29 is 19.1 Å². The molecule has 0 unspecified atom stereocenters. The van der Waals surface area contributed by atoms with Crippen LogP contribution in [0.3, 0.4) is 0 Å².